The van der Waals surface area contributed by atoms with Crippen molar-refractivity contribution in [3.8, 4) is 33.4 Å². The first kappa shape index (κ1) is 31.2. The molecule has 0 bridgehead atoms. The summed E-state index contributed by atoms with van der Waals surface area (Å²) in [6, 6.07) is 70.8. The lowest BCUT2D eigenvalue weighted by atomic mass is 9.90. The van der Waals surface area contributed by atoms with Crippen molar-refractivity contribution in [2.75, 3.05) is 4.90 Å². The van der Waals surface area contributed by atoms with Gasteiger partial charge in [0, 0.05) is 27.2 Å². The Morgan fingerprint density at radius 2 is 0.855 bits per heavy atom. The van der Waals surface area contributed by atoms with Gasteiger partial charge in [0.1, 0.15) is 16.7 Å². The number of rotatable bonds is 6. The Labute approximate surface area is 317 Å². The number of furan rings is 2. The molecule has 3 heteroatoms. The van der Waals surface area contributed by atoms with E-state index in [0.29, 0.717) is 0 Å². The van der Waals surface area contributed by atoms with Gasteiger partial charge in [0.15, 0.2) is 5.58 Å². The highest BCUT2D eigenvalue weighted by Crippen LogP contribution is 2.49. The lowest BCUT2D eigenvalue weighted by Gasteiger charge is -2.26. The average molecular weight is 704 g/mol. The van der Waals surface area contributed by atoms with Crippen LogP contribution in [0.15, 0.2) is 209 Å². The summed E-state index contributed by atoms with van der Waals surface area (Å²) in [6.45, 7) is 0. The molecule has 0 saturated carbocycles. The summed E-state index contributed by atoms with van der Waals surface area (Å²) in [5.41, 5.74) is 13.4. The van der Waals surface area contributed by atoms with Gasteiger partial charge in [-0.1, -0.05) is 158 Å². The summed E-state index contributed by atoms with van der Waals surface area (Å²) in [6.07, 6.45) is 0. The minimum atomic E-state index is 0.828. The molecule has 2 aromatic heterocycles. The van der Waals surface area contributed by atoms with Crippen molar-refractivity contribution in [3.05, 3.63) is 200 Å². The van der Waals surface area contributed by atoms with Crippen LogP contribution in [0, 0.1) is 0 Å². The number of benzene rings is 9. The Morgan fingerprint density at radius 3 is 1.65 bits per heavy atom. The maximum Gasteiger partial charge on any atom is 0.159 e. The molecule has 0 saturated heterocycles. The zero-order chi connectivity index (χ0) is 36.3. The molecule has 0 atom stereocenters. The van der Waals surface area contributed by atoms with Crippen LogP contribution in [0.1, 0.15) is 0 Å². The third-order valence-corrected chi connectivity index (χ3v) is 10.9. The molecule has 0 amide bonds. The Kier molecular flexibility index (Phi) is 7.17. The summed E-state index contributed by atoms with van der Waals surface area (Å²) < 4.78 is 13.6. The standard InChI is InChI=1S/C52H33NO2/c1-3-15-34(16-4-1)35-29-31-37(32-30-35)53(47-26-13-24-43-41-22-11-12-27-48(41)54-52(43)47)46-25-14-28-49-50(46)45-33-44(40-21-9-10-23-42(40)51(45)55-49)39-20-8-7-19-38(39)36-17-5-2-6-18-36/h1-33H. The first-order chi connectivity index (χ1) is 27.3. The summed E-state index contributed by atoms with van der Waals surface area (Å²) in [7, 11) is 0. The molecule has 0 unspecified atom stereocenters. The van der Waals surface area contributed by atoms with Crippen molar-refractivity contribution in [1.82, 2.24) is 0 Å². The van der Waals surface area contributed by atoms with Crippen molar-refractivity contribution < 1.29 is 8.83 Å². The second-order valence-corrected chi connectivity index (χ2v) is 14.0. The van der Waals surface area contributed by atoms with Crippen molar-refractivity contribution in [2.45, 2.75) is 0 Å². The van der Waals surface area contributed by atoms with E-state index in [-0.39, 0.29) is 0 Å². The van der Waals surface area contributed by atoms with E-state index in [9.17, 15) is 0 Å². The van der Waals surface area contributed by atoms with Crippen molar-refractivity contribution in [3.63, 3.8) is 0 Å². The second kappa shape index (κ2) is 12.6. The van der Waals surface area contributed by atoms with Crippen LogP contribution in [0.4, 0.5) is 17.1 Å². The monoisotopic (exact) mass is 703 g/mol. The second-order valence-electron chi connectivity index (χ2n) is 14.0. The van der Waals surface area contributed by atoms with Crippen molar-refractivity contribution in [1.29, 1.82) is 0 Å². The van der Waals surface area contributed by atoms with Crippen LogP contribution in [-0.4, -0.2) is 0 Å². The molecular weight excluding hydrogens is 671 g/mol. The molecule has 258 valence electrons. The Bertz CT molecular complexity index is 3190. The van der Waals surface area contributed by atoms with Gasteiger partial charge < -0.3 is 13.7 Å². The van der Waals surface area contributed by atoms with Crippen LogP contribution in [0.2, 0.25) is 0 Å². The van der Waals surface area contributed by atoms with Gasteiger partial charge in [-0.2, -0.15) is 0 Å². The number of nitrogens with zero attached hydrogens (tertiary/aromatic N) is 1. The fourth-order valence-electron chi connectivity index (χ4n) is 8.38. The van der Waals surface area contributed by atoms with Crippen LogP contribution in [0.25, 0.3) is 88.0 Å². The van der Waals surface area contributed by atoms with Crippen LogP contribution < -0.4 is 4.90 Å². The highest BCUT2D eigenvalue weighted by Gasteiger charge is 2.25. The van der Waals surface area contributed by atoms with Gasteiger partial charge in [-0.25, -0.2) is 0 Å². The molecule has 9 aromatic carbocycles. The fourth-order valence-corrected chi connectivity index (χ4v) is 8.38. The topological polar surface area (TPSA) is 29.5 Å². The van der Waals surface area contributed by atoms with Gasteiger partial charge in [-0.3, -0.25) is 0 Å². The van der Waals surface area contributed by atoms with Gasteiger partial charge in [0.2, 0.25) is 0 Å². The van der Waals surface area contributed by atoms with Gasteiger partial charge in [-0.05, 0) is 81.2 Å². The average Bonchev–Trinajstić information content (AvgIpc) is 3.84. The molecule has 0 aliphatic heterocycles. The van der Waals surface area contributed by atoms with Gasteiger partial charge in [0.25, 0.3) is 0 Å². The van der Waals surface area contributed by atoms with E-state index in [2.05, 4.69) is 193 Å². The molecular formula is C52H33NO2. The van der Waals surface area contributed by atoms with Gasteiger partial charge in [0.05, 0.1) is 16.8 Å². The Morgan fingerprint density at radius 1 is 0.309 bits per heavy atom. The number of hydrogen-bond acceptors (Lipinski definition) is 3. The Hall–Kier alpha value is -7.36. The summed E-state index contributed by atoms with van der Waals surface area (Å²) in [4.78, 5) is 2.34. The minimum Gasteiger partial charge on any atom is -0.455 e. The first-order valence-electron chi connectivity index (χ1n) is 18.7. The smallest absolute Gasteiger partial charge is 0.159 e. The van der Waals surface area contributed by atoms with E-state index < -0.39 is 0 Å². The SMILES string of the molecule is c1ccc(-c2ccc(N(c3cccc4c3oc3ccccc34)c3cccc4oc5c6ccccc6c(-c6ccccc6-c6ccccc6)cc5c34)cc2)cc1. The minimum absolute atomic E-state index is 0.828. The van der Waals surface area contributed by atoms with E-state index in [1.54, 1.807) is 0 Å². The lowest BCUT2D eigenvalue weighted by Crippen LogP contribution is -2.10. The molecule has 0 spiro atoms. The molecule has 0 aliphatic rings. The lowest BCUT2D eigenvalue weighted by molar-refractivity contribution is 0.669. The number of anilines is 3. The zero-order valence-corrected chi connectivity index (χ0v) is 29.8. The molecule has 0 radical (unpaired) electrons. The quantitative estimate of drug-likeness (QED) is 0.173. The largest absolute Gasteiger partial charge is 0.455 e. The van der Waals surface area contributed by atoms with E-state index in [1.807, 2.05) is 12.1 Å². The molecule has 0 fully saturated rings. The van der Waals surface area contributed by atoms with Gasteiger partial charge in [-0.15, -0.1) is 0 Å². The number of para-hydroxylation sites is 2. The molecule has 11 aromatic rings. The third kappa shape index (κ3) is 5.05. The van der Waals surface area contributed by atoms with Crippen molar-refractivity contribution >= 4 is 71.7 Å². The molecule has 3 nitrogen and oxygen atoms in total. The molecule has 0 N–H and O–H groups in total. The van der Waals surface area contributed by atoms with Crippen LogP contribution in [-0.2, 0) is 0 Å². The van der Waals surface area contributed by atoms with E-state index in [1.165, 1.54) is 27.8 Å². The summed E-state index contributed by atoms with van der Waals surface area (Å²) in [5.74, 6) is 0. The van der Waals surface area contributed by atoms with E-state index >= 15 is 0 Å². The maximum atomic E-state index is 6.90. The van der Waals surface area contributed by atoms with Crippen LogP contribution in [0.5, 0.6) is 0 Å². The normalized spacial score (nSPS) is 11.6. The summed E-state index contributed by atoms with van der Waals surface area (Å²) in [5, 5.41) is 6.51. The fraction of sp³-hybridized carbons (Fsp3) is 0. The zero-order valence-electron chi connectivity index (χ0n) is 29.8. The van der Waals surface area contributed by atoms with Gasteiger partial charge >= 0.3 is 0 Å². The predicted octanol–water partition coefficient (Wildman–Crippen LogP) is 15.1. The van der Waals surface area contributed by atoms with E-state index in [0.717, 1.165) is 77.3 Å². The van der Waals surface area contributed by atoms with Crippen LogP contribution >= 0.6 is 0 Å². The maximum absolute atomic E-state index is 6.90. The third-order valence-electron chi connectivity index (χ3n) is 10.9. The van der Waals surface area contributed by atoms with Crippen LogP contribution in [0.3, 0.4) is 0 Å². The highest BCUT2D eigenvalue weighted by atomic mass is 16.3. The predicted molar refractivity (Wildman–Crippen MR) is 229 cm³/mol. The first-order valence-corrected chi connectivity index (χ1v) is 18.7. The van der Waals surface area contributed by atoms with Crippen molar-refractivity contribution in [2.24, 2.45) is 0 Å². The summed E-state index contributed by atoms with van der Waals surface area (Å²) >= 11 is 0. The highest BCUT2D eigenvalue weighted by molar-refractivity contribution is 6.23. The molecule has 0 aliphatic carbocycles. The molecule has 55 heavy (non-hydrogen) atoms. The van der Waals surface area contributed by atoms with E-state index in [4.69, 9.17) is 8.83 Å². The number of fused-ring (bicyclic) bond motifs is 8. The molecule has 2 heterocycles. The number of hydrogen-bond donors (Lipinski definition) is 0. The molecule has 11 rings (SSSR count). The Balaban J connectivity index is 1.21.